The highest BCUT2D eigenvalue weighted by molar-refractivity contribution is 14.0. The SMILES string of the molecule is CCNC(=NCc1ccccc1OCC)N1CCN(c2cnn(C)c2)C(=O)C1.I. The van der Waals surface area contributed by atoms with Crippen LogP contribution < -0.4 is 15.0 Å². The molecule has 3 rings (SSSR count). The zero-order chi connectivity index (χ0) is 19.9. The maximum absolute atomic E-state index is 12.7. The van der Waals surface area contributed by atoms with Crippen LogP contribution in [0.15, 0.2) is 41.7 Å². The molecule has 2 heterocycles. The van der Waals surface area contributed by atoms with Gasteiger partial charge in [0, 0.05) is 38.4 Å². The van der Waals surface area contributed by atoms with E-state index >= 15 is 0 Å². The summed E-state index contributed by atoms with van der Waals surface area (Å²) in [6.07, 6.45) is 3.58. The highest BCUT2D eigenvalue weighted by Crippen LogP contribution is 2.19. The number of hydrogen-bond acceptors (Lipinski definition) is 4. The largest absolute Gasteiger partial charge is 0.494 e. The molecular weight excluding hydrogens is 483 g/mol. The van der Waals surface area contributed by atoms with Crippen molar-refractivity contribution in [2.45, 2.75) is 20.4 Å². The van der Waals surface area contributed by atoms with Crippen molar-refractivity contribution in [3.63, 3.8) is 0 Å². The molecule has 1 aliphatic rings. The summed E-state index contributed by atoms with van der Waals surface area (Å²) in [6.45, 7) is 7.44. The molecule has 2 aromatic rings. The number of benzene rings is 1. The van der Waals surface area contributed by atoms with Gasteiger partial charge in [0.2, 0.25) is 5.91 Å². The van der Waals surface area contributed by atoms with Crippen molar-refractivity contribution in [3.8, 4) is 5.75 Å². The van der Waals surface area contributed by atoms with E-state index in [0.29, 0.717) is 26.2 Å². The summed E-state index contributed by atoms with van der Waals surface area (Å²) in [5, 5.41) is 7.46. The first-order chi connectivity index (χ1) is 13.6. The molecule has 1 N–H and O–H groups in total. The van der Waals surface area contributed by atoms with Gasteiger partial charge >= 0.3 is 0 Å². The van der Waals surface area contributed by atoms with Crippen molar-refractivity contribution in [2.24, 2.45) is 12.0 Å². The van der Waals surface area contributed by atoms with Crippen LogP contribution in [0.3, 0.4) is 0 Å². The van der Waals surface area contributed by atoms with E-state index in [4.69, 9.17) is 9.73 Å². The van der Waals surface area contributed by atoms with Gasteiger partial charge in [0.05, 0.1) is 25.0 Å². The minimum Gasteiger partial charge on any atom is -0.494 e. The second-order valence-electron chi connectivity index (χ2n) is 6.55. The summed E-state index contributed by atoms with van der Waals surface area (Å²) in [4.78, 5) is 21.2. The van der Waals surface area contributed by atoms with Gasteiger partial charge in [0.25, 0.3) is 0 Å². The quantitative estimate of drug-likeness (QED) is 0.365. The van der Waals surface area contributed by atoms with E-state index in [1.165, 1.54) is 0 Å². The molecule has 1 amide bonds. The number of rotatable bonds is 6. The molecule has 29 heavy (non-hydrogen) atoms. The number of aryl methyl sites for hydroxylation is 1. The highest BCUT2D eigenvalue weighted by atomic mass is 127. The highest BCUT2D eigenvalue weighted by Gasteiger charge is 2.27. The van der Waals surface area contributed by atoms with Crippen molar-refractivity contribution < 1.29 is 9.53 Å². The lowest BCUT2D eigenvalue weighted by atomic mass is 10.2. The molecule has 0 atom stereocenters. The zero-order valence-corrected chi connectivity index (χ0v) is 19.5. The molecule has 0 unspecified atom stereocenters. The minimum atomic E-state index is 0. The van der Waals surface area contributed by atoms with Gasteiger partial charge in [0.1, 0.15) is 12.3 Å². The Balaban J connectivity index is 0.00000300. The molecule has 158 valence electrons. The Morgan fingerprint density at radius 3 is 2.72 bits per heavy atom. The second kappa shape index (κ2) is 11.0. The first kappa shape index (κ1) is 23.0. The van der Waals surface area contributed by atoms with Gasteiger partial charge in [-0.05, 0) is 19.9 Å². The number of anilines is 1. The van der Waals surface area contributed by atoms with Crippen LogP contribution in [-0.2, 0) is 18.4 Å². The summed E-state index contributed by atoms with van der Waals surface area (Å²) in [5.41, 5.74) is 1.86. The van der Waals surface area contributed by atoms with E-state index < -0.39 is 0 Å². The maximum Gasteiger partial charge on any atom is 0.246 e. The number of amides is 1. The predicted octanol–water partition coefficient (Wildman–Crippen LogP) is 2.25. The zero-order valence-electron chi connectivity index (χ0n) is 17.2. The van der Waals surface area contributed by atoms with Crippen molar-refractivity contribution >= 4 is 41.5 Å². The summed E-state index contributed by atoms with van der Waals surface area (Å²) in [7, 11) is 1.85. The van der Waals surface area contributed by atoms with Gasteiger partial charge in [-0.25, -0.2) is 4.99 Å². The van der Waals surface area contributed by atoms with Gasteiger partial charge in [-0.1, -0.05) is 18.2 Å². The van der Waals surface area contributed by atoms with E-state index in [9.17, 15) is 4.79 Å². The van der Waals surface area contributed by atoms with Crippen LogP contribution >= 0.6 is 24.0 Å². The summed E-state index contributed by atoms with van der Waals surface area (Å²) in [6, 6.07) is 7.91. The molecule has 0 saturated carbocycles. The molecule has 1 aromatic carbocycles. The Bertz CT molecular complexity index is 838. The first-order valence-corrected chi connectivity index (χ1v) is 9.65. The van der Waals surface area contributed by atoms with E-state index in [-0.39, 0.29) is 36.4 Å². The molecule has 0 bridgehead atoms. The number of ether oxygens (including phenoxy) is 1. The van der Waals surface area contributed by atoms with Gasteiger partial charge in [-0.2, -0.15) is 5.10 Å². The number of halogens is 1. The molecular formula is C20H29IN6O2. The van der Waals surface area contributed by atoms with Crippen molar-refractivity contribution in [1.82, 2.24) is 20.0 Å². The topological polar surface area (TPSA) is 75.0 Å². The Kier molecular flexibility index (Phi) is 8.74. The molecule has 1 saturated heterocycles. The smallest absolute Gasteiger partial charge is 0.246 e. The van der Waals surface area contributed by atoms with Crippen LogP contribution in [0, 0.1) is 0 Å². The number of nitrogens with one attached hydrogen (secondary N) is 1. The number of hydrogen-bond donors (Lipinski definition) is 1. The fourth-order valence-corrected chi connectivity index (χ4v) is 3.19. The number of piperazine rings is 1. The normalized spacial score (nSPS) is 14.6. The molecule has 9 heteroatoms. The van der Waals surface area contributed by atoms with Crippen molar-refractivity contribution in [3.05, 3.63) is 42.2 Å². The third kappa shape index (κ3) is 5.84. The standard InChI is InChI=1S/C20H28N6O2.HI/c1-4-21-20(22-12-16-8-6-7-9-18(16)28-5-2)25-10-11-26(19(27)15-25)17-13-23-24(3)14-17;/h6-9,13-14H,4-5,10-12,15H2,1-3H3,(H,21,22);1H. The fraction of sp³-hybridized carbons (Fsp3) is 0.450. The van der Waals surface area contributed by atoms with Gasteiger partial charge in [-0.15, -0.1) is 24.0 Å². The third-order valence-corrected chi connectivity index (χ3v) is 4.53. The molecule has 1 aromatic heterocycles. The van der Waals surface area contributed by atoms with Crippen LogP contribution in [0.25, 0.3) is 0 Å². The van der Waals surface area contributed by atoms with Crippen LogP contribution in [0.2, 0.25) is 0 Å². The molecule has 0 spiro atoms. The van der Waals surface area contributed by atoms with Crippen LogP contribution in [0.1, 0.15) is 19.4 Å². The van der Waals surface area contributed by atoms with Crippen LogP contribution in [0.5, 0.6) is 5.75 Å². The lowest BCUT2D eigenvalue weighted by Crippen LogP contribution is -2.55. The Morgan fingerprint density at radius 2 is 2.07 bits per heavy atom. The average molecular weight is 512 g/mol. The summed E-state index contributed by atoms with van der Waals surface area (Å²) < 4.78 is 7.39. The van der Waals surface area contributed by atoms with Crippen LogP contribution in [0.4, 0.5) is 5.69 Å². The lowest BCUT2D eigenvalue weighted by molar-refractivity contribution is -0.120. The van der Waals surface area contributed by atoms with E-state index in [0.717, 1.165) is 29.5 Å². The molecule has 1 fully saturated rings. The number of guanidine groups is 1. The van der Waals surface area contributed by atoms with Crippen molar-refractivity contribution in [2.75, 3.05) is 37.7 Å². The number of para-hydroxylation sites is 1. The molecule has 0 radical (unpaired) electrons. The lowest BCUT2D eigenvalue weighted by Gasteiger charge is -2.35. The summed E-state index contributed by atoms with van der Waals surface area (Å²) >= 11 is 0. The first-order valence-electron chi connectivity index (χ1n) is 9.65. The Morgan fingerprint density at radius 1 is 1.28 bits per heavy atom. The van der Waals surface area contributed by atoms with Gasteiger partial charge in [-0.3, -0.25) is 9.48 Å². The number of carbonyl (C=O) groups is 1. The minimum absolute atomic E-state index is 0. The number of nitrogens with zero attached hydrogens (tertiary/aromatic N) is 5. The monoisotopic (exact) mass is 512 g/mol. The molecule has 1 aliphatic heterocycles. The molecule has 8 nitrogen and oxygen atoms in total. The van der Waals surface area contributed by atoms with Gasteiger partial charge in [0.15, 0.2) is 5.96 Å². The number of aliphatic imine (C=N–C) groups is 1. The Labute approximate surface area is 188 Å². The fourth-order valence-electron chi connectivity index (χ4n) is 3.19. The third-order valence-electron chi connectivity index (χ3n) is 4.53. The second-order valence-corrected chi connectivity index (χ2v) is 6.55. The van der Waals surface area contributed by atoms with Gasteiger partial charge < -0.3 is 19.9 Å². The maximum atomic E-state index is 12.7. The molecule has 0 aliphatic carbocycles. The number of aromatic nitrogens is 2. The van der Waals surface area contributed by atoms with Crippen molar-refractivity contribution in [1.29, 1.82) is 0 Å². The van der Waals surface area contributed by atoms with E-state index in [1.54, 1.807) is 15.8 Å². The predicted molar refractivity (Wildman–Crippen MR) is 125 cm³/mol. The summed E-state index contributed by atoms with van der Waals surface area (Å²) in [5.74, 6) is 1.63. The average Bonchev–Trinajstić information content (AvgIpc) is 3.12. The van der Waals surface area contributed by atoms with Crippen LogP contribution in [-0.4, -0.2) is 59.3 Å². The Hall–Kier alpha value is -2.30. The van der Waals surface area contributed by atoms with E-state index in [1.807, 2.05) is 56.3 Å². The van der Waals surface area contributed by atoms with E-state index in [2.05, 4.69) is 10.4 Å². The number of carbonyl (C=O) groups excluding carboxylic acids is 1.